The lowest BCUT2D eigenvalue weighted by molar-refractivity contribution is 0.199. The average molecular weight is 246 g/mol. The third-order valence-electron chi connectivity index (χ3n) is 3.82. The molecule has 0 aromatic rings. The number of hydrogen-bond acceptors (Lipinski definition) is 1. The molecule has 76 valence electrons. The molecule has 0 heterocycles. The quantitative estimate of drug-likeness (QED) is 0.674. The molecule has 0 N–H and O–H groups in total. The lowest BCUT2D eigenvalue weighted by Gasteiger charge is -2.28. The number of halogens is 1. The molecular formula is C11H20BrN. The lowest BCUT2D eigenvalue weighted by atomic mass is 10.1. The van der Waals surface area contributed by atoms with Gasteiger partial charge in [0, 0.05) is 17.9 Å². The van der Waals surface area contributed by atoms with Crippen molar-refractivity contribution in [3.63, 3.8) is 0 Å². The number of hydrogen-bond donors (Lipinski definition) is 0. The smallest absolute Gasteiger partial charge is 0.0100 e. The highest BCUT2D eigenvalue weighted by molar-refractivity contribution is 9.09. The summed E-state index contributed by atoms with van der Waals surface area (Å²) in [5.41, 5.74) is 0.651. The fraction of sp³-hybridized carbons (Fsp3) is 1.00. The minimum absolute atomic E-state index is 0.651. The Hall–Kier alpha value is 0.440. The largest absolute Gasteiger partial charge is 0.303 e. The van der Waals surface area contributed by atoms with Gasteiger partial charge in [0.15, 0.2) is 0 Å². The lowest BCUT2D eigenvalue weighted by Crippen LogP contribution is -2.36. The maximum atomic E-state index is 3.64. The molecule has 2 saturated carbocycles. The van der Waals surface area contributed by atoms with Crippen LogP contribution in [0.5, 0.6) is 0 Å². The zero-order chi connectivity index (χ0) is 9.47. The Morgan fingerprint density at radius 3 is 2.46 bits per heavy atom. The van der Waals surface area contributed by atoms with Crippen LogP contribution in [0.4, 0.5) is 0 Å². The number of rotatable bonds is 5. The standard InChI is InChI=1S/C11H20BrN/c1-9(10-3-4-10)13(2)8-11(7-12)5-6-11/h9-10H,3-8H2,1-2H3. The van der Waals surface area contributed by atoms with Gasteiger partial charge in [0.2, 0.25) is 0 Å². The van der Waals surface area contributed by atoms with E-state index in [1.807, 2.05) is 0 Å². The van der Waals surface area contributed by atoms with Gasteiger partial charge in [-0.2, -0.15) is 0 Å². The Balaban J connectivity index is 1.79. The summed E-state index contributed by atoms with van der Waals surface area (Å²) in [6.45, 7) is 3.69. The highest BCUT2D eigenvalue weighted by atomic mass is 79.9. The van der Waals surface area contributed by atoms with Gasteiger partial charge < -0.3 is 4.90 Å². The molecule has 0 spiro atoms. The van der Waals surface area contributed by atoms with Crippen molar-refractivity contribution in [2.45, 2.75) is 38.6 Å². The predicted molar refractivity (Wildman–Crippen MR) is 60.3 cm³/mol. The molecule has 1 nitrogen and oxygen atoms in total. The molecule has 0 aromatic heterocycles. The molecule has 0 radical (unpaired) electrons. The zero-order valence-electron chi connectivity index (χ0n) is 8.72. The van der Waals surface area contributed by atoms with Gasteiger partial charge in [-0.25, -0.2) is 0 Å². The van der Waals surface area contributed by atoms with E-state index in [1.165, 1.54) is 37.6 Å². The molecule has 0 aliphatic heterocycles. The average Bonchev–Trinajstić information content (AvgIpc) is 2.99. The van der Waals surface area contributed by atoms with Crippen LogP contribution in [0, 0.1) is 11.3 Å². The molecule has 2 aliphatic carbocycles. The van der Waals surface area contributed by atoms with Crippen molar-refractivity contribution in [2.75, 3.05) is 18.9 Å². The third kappa shape index (κ3) is 2.27. The van der Waals surface area contributed by atoms with E-state index >= 15 is 0 Å². The predicted octanol–water partition coefficient (Wildman–Crippen LogP) is 2.89. The van der Waals surface area contributed by atoms with E-state index in [0.717, 1.165) is 12.0 Å². The summed E-state index contributed by atoms with van der Waals surface area (Å²) in [4.78, 5) is 2.58. The van der Waals surface area contributed by atoms with Gasteiger partial charge in [-0.3, -0.25) is 0 Å². The fourth-order valence-electron chi connectivity index (χ4n) is 2.12. The first-order chi connectivity index (χ1) is 6.17. The van der Waals surface area contributed by atoms with Crippen LogP contribution in [-0.4, -0.2) is 29.9 Å². The van der Waals surface area contributed by atoms with Crippen molar-refractivity contribution in [1.82, 2.24) is 4.90 Å². The molecule has 2 fully saturated rings. The van der Waals surface area contributed by atoms with Crippen LogP contribution in [0.1, 0.15) is 32.6 Å². The van der Waals surface area contributed by atoms with E-state index in [4.69, 9.17) is 0 Å². The van der Waals surface area contributed by atoms with E-state index in [0.29, 0.717) is 5.41 Å². The molecule has 1 unspecified atom stereocenters. The molecule has 2 aliphatic rings. The van der Waals surface area contributed by atoms with Crippen LogP contribution in [0.3, 0.4) is 0 Å². The normalized spacial score (nSPS) is 27.7. The number of alkyl halides is 1. The first-order valence-corrected chi connectivity index (χ1v) is 6.55. The summed E-state index contributed by atoms with van der Waals surface area (Å²) in [6, 6.07) is 0.816. The van der Waals surface area contributed by atoms with Gasteiger partial charge in [0.1, 0.15) is 0 Å². The van der Waals surface area contributed by atoms with E-state index in [-0.39, 0.29) is 0 Å². The second kappa shape index (κ2) is 3.54. The van der Waals surface area contributed by atoms with Gasteiger partial charge >= 0.3 is 0 Å². The first kappa shape index (κ1) is 9.97. The van der Waals surface area contributed by atoms with Crippen molar-refractivity contribution >= 4 is 15.9 Å². The molecule has 0 saturated heterocycles. The molecule has 13 heavy (non-hydrogen) atoms. The van der Waals surface area contributed by atoms with E-state index in [1.54, 1.807) is 0 Å². The zero-order valence-corrected chi connectivity index (χ0v) is 10.3. The second-order valence-corrected chi connectivity index (χ2v) is 5.69. The van der Waals surface area contributed by atoms with Crippen LogP contribution in [-0.2, 0) is 0 Å². The van der Waals surface area contributed by atoms with Crippen molar-refractivity contribution in [1.29, 1.82) is 0 Å². The Morgan fingerprint density at radius 2 is 2.08 bits per heavy atom. The van der Waals surface area contributed by atoms with Crippen LogP contribution in [0.15, 0.2) is 0 Å². The summed E-state index contributed by atoms with van der Waals surface area (Å²) in [5.74, 6) is 1.01. The second-order valence-electron chi connectivity index (χ2n) is 5.13. The van der Waals surface area contributed by atoms with Gasteiger partial charge in [0.25, 0.3) is 0 Å². The molecule has 0 aromatic carbocycles. The third-order valence-corrected chi connectivity index (χ3v) is 5.01. The maximum Gasteiger partial charge on any atom is 0.0100 e. The highest BCUT2D eigenvalue weighted by Crippen LogP contribution is 2.48. The Morgan fingerprint density at radius 1 is 1.46 bits per heavy atom. The molecule has 0 bridgehead atoms. The minimum Gasteiger partial charge on any atom is -0.303 e. The first-order valence-electron chi connectivity index (χ1n) is 5.43. The molecule has 1 atom stereocenters. The molecule has 2 rings (SSSR count). The van der Waals surface area contributed by atoms with Crippen LogP contribution >= 0.6 is 15.9 Å². The van der Waals surface area contributed by atoms with Gasteiger partial charge in [-0.1, -0.05) is 15.9 Å². The Kier molecular flexibility index (Phi) is 2.72. The van der Waals surface area contributed by atoms with Crippen LogP contribution in [0.2, 0.25) is 0 Å². The number of nitrogens with zero attached hydrogens (tertiary/aromatic N) is 1. The molecule has 2 heteroatoms. The highest BCUT2D eigenvalue weighted by Gasteiger charge is 2.43. The van der Waals surface area contributed by atoms with Gasteiger partial charge in [-0.15, -0.1) is 0 Å². The monoisotopic (exact) mass is 245 g/mol. The Bertz CT molecular complexity index is 185. The summed E-state index contributed by atoms with van der Waals surface area (Å²) in [5, 5.41) is 1.20. The van der Waals surface area contributed by atoms with E-state index in [9.17, 15) is 0 Å². The molecular weight excluding hydrogens is 226 g/mol. The topological polar surface area (TPSA) is 3.24 Å². The molecule has 0 amide bonds. The fourth-order valence-corrected chi connectivity index (χ4v) is 2.86. The van der Waals surface area contributed by atoms with Crippen molar-refractivity contribution in [2.24, 2.45) is 11.3 Å². The maximum absolute atomic E-state index is 3.64. The van der Waals surface area contributed by atoms with Crippen LogP contribution in [0.25, 0.3) is 0 Å². The Labute approximate surface area is 90.0 Å². The SMILES string of the molecule is CC(C1CC1)N(C)CC1(CBr)CC1. The van der Waals surface area contributed by atoms with Crippen molar-refractivity contribution in [3.05, 3.63) is 0 Å². The van der Waals surface area contributed by atoms with Crippen molar-refractivity contribution in [3.8, 4) is 0 Å². The summed E-state index contributed by atoms with van der Waals surface area (Å²) in [7, 11) is 2.30. The van der Waals surface area contributed by atoms with Gasteiger partial charge in [-0.05, 0) is 51.0 Å². The van der Waals surface area contributed by atoms with Gasteiger partial charge in [0.05, 0.1) is 0 Å². The van der Waals surface area contributed by atoms with E-state index in [2.05, 4.69) is 34.8 Å². The minimum atomic E-state index is 0.651. The summed E-state index contributed by atoms with van der Waals surface area (Å²) >= 11 is 3.64. The van der Waals surface area contributed by atoms with Crippen LogP contribution < -0.4 is 0 Å². The summed E-state index contributed by atoms with van der Waals surface area (Å²) in [6.07, 6.45) is 5.79. The summed E-state index contributed by atoms with van der Waals surface area (Å²) < 4.78 is 0. The van der Waals surface area contributed by atoms with Crippen molar-refractivity contribution < 1.29 is 0 Å². The van der Waals surface area contributed by atoms with E-state index < -0.39 is 0 Å².